The number of aromatic hydroxyl groups is 1. The number of carbonyl (C=O) groups excluding carboxylic acids is 2. The van der Waals surface area contributed by atoms with Crippen molar-refractivity contribution in [3.8, 4) is 5.75 Å². The lowest BCUT2D eigenvalue weighted by molar-refractivity contribution is -0.157. The summed E-state index contributed by atoms with van der Waals surface area (Å²) in [4.78, 5) is 27.7. The van der Waals surface area contributed by atoms with Crippen LogP contribution < -0.4 is 5.32 Å². The van der Waals surface area contributed by atoms with Crippen LogP contribution in [-0.2, 0) is 9.59 Å². The number of rotatable bonds is 3. The number of aromatic nitrogens is 1. The normalized spacial score (nSPS) is 18.9. The molecule has 0 bridgehead atoms. The Morgan fingerprint density at radius 1 is 1.52 bits per heavy atom. The van der Waals surface area contributed by atoms with Gasteiger partial charge in [0, 0.05) is 19.2 Å². The number of nitrogens with one attached hydrogen (secondary N) is 1. The van der Waals surface area contributed by atoms with Gasteiger partial charge >= 0.3 is 6.18 Å². The summed E-state index contributed by atoms with van der Waals surface area (Å²) in [5.74, 6) is -2.63. The quantitative estimate of drug-likeness (QED) is 0.877. The molecule has 9 heteroatoms. The third kappa shape index (κ3) is 3.83. The highest BCUT2D eigenvalue weighted by Gasteiger charge is 2.40. The Bertz CT molecular complexity index is 562. The predicted octanol–water partition coefficient (Wildman–Crippen LogP) is 1.14. The molecule has 1 fully saturated rings. The minimum atomic E-state index is -4.50. The molecule has 2 N–H and O–H groups in total. The van der Waals surface area contributed by atoms with E-state index in [1.54, 1.807) is 0 Å². The van der Waals surface area contributed by atoms with E-state index in [0.717, 1.165) is 0 Å². The molecule has 1 unspecified atom stereocenters. The highest BCUT2D eigenvalue weighted by atomic mass is 19.4. The van der Waals surface area contributed by atoms with Crippen LogP contribution in [0.2, 0.25) is 0 Å². The number of pyridine rings is 1. The monoisotopic (exact) mass is 303 g/mol. The molecule has 0 spiro atoms. The van der Waals surface area contributed by atoms with Crippen LogP contribution in [0.25, 0.3) is 0 Å². The van der Waals surface area contributed by atoms with Crippen molar-refractivity contribution < 1.29 is 27.9 Å². The second-order valence-corrected chi connectivity index (χ2v) is 4.65. The maximum Gasteiger partial charge on any atom is 0.406 e. The molecule has 0 aliphatic carbocycles. The molecule has 1 aromatic heterocycles. The molecule has 2 rings (SSSR count). The molecule has 2 heterocycles. The van der Waals surface area contributed by atoms with Gasteiger partial charge in [-0.1, -0.05) is 0 Å². The Morgan fingerprint density at radius 3 is 2.86 bits per heavy atom. The standard InChI is InChI=1S/C12H12F3N3O3/c13-12(14,15)6-18-5-7(4-9(18)20)11(21)17-10-8(19)2-1-3-16-10/h1-3,7,19H,4-6H2,(H,16,17,21). The van der Waals surface area contributed by atoms with Crippen molar-refractivity contribution in [3.05, 3.63) is 18.3 Å². The molecule has 2 amide bonds. The van der Waals surface area contributed by atoms with Gasteiger partial charge in [-0.25, -0.2) is 4.98 Å². The number of nitrogens with zero attached hydrogens (tertiary/aromatic N) is 2. The van der Waals surface area contributed by atoms with Crippen molar-refractivity contribution in [2.75, 3.05) is 18.4 Å². The van der Waals surface area contributed by atoms with E-state index in [2.05, 4.69) is 10.3 Å². The molecule has 6 nitrogen and oxygen atoms in total. The number of anilines is 1. The van der Waals surface area contributed by atoms with Crippen LogP contribution in [0, 0.1) is 5.92 Å². The summed E-state index contributed by atoms with van der Waals surface area (Å²) in [7, 11) is 0. The van der Waals surface area contributed by atoms with Gasteiger partial charge in [0.1, 0.15) is 6.54 Å². The summed E-state index contributed by atoms with van der Waals surface area (Å²) in [6, 6.07) is 2.76. The summed E-state index contributed by atoms with van der Waals surface area (Å²) in [6.45, 7) is -1.68. The molecule has 1 aromatic rings. The van der Waals surface area contributed by atoms with E-state index >= 15 is 0 Å². The Balaban J connectivity index is 1.99. The van der Waals surface area contributed by atoms with Crippen LogP contribution in [0.15, 0.2) is 18.3 Å². The van der Waals surface area contributed by atoms with E-state index in [4.69, 9.17) is 0 Å². The lowest BCUT2D eigenvalue weighted by Crippen LogP contribution is -2.36. The van der Waals surface area contributed by atoms with Crippen molar-refractivity contribution in [1.82, 2.24) is 9.88 Å². The zero-order valence-electron chi connectivity index (χ0n) is 10.7. The van der Waals surface area contributed by atoms with Crippen LogP contribution in [0.1, 0.15) is 6.42 Å². The summed E-state index contributed by atoms with van der Waals surface area (Å²) in [5, 5.41) is 11.8. The summed E-state index contributed by atoms with van der Waals surface area (Å²) in [5.41, 5.74) is 0. The van der Waals surface area contributed by atoms with Gasteiger partial charge in [-0.15, -0.1) is 0 Å². The largest absolute Gasteiger partial charge is 0.504 e. The first-order valence-electron chi connectivity index (χ1n) is 6.05. The number of hydrogen-bond donors (Lipinski definition) is 2. The zero-order chi connectivity index (χ0) is 15.6. The first-order valence-corrected chi connectivity index (χ1v) is 6.05. The molecule has 0 saturated carbocycles. The van der Waals surface area contributed by atoms with Gasteiger partial charge < -0.3 is 15.3 Å². The van der Waals surface area contributed by atoms with Crippen LogP contribution in [0.5, 0.6) is 5.75 Å². The second-order valence-electron chi connectivity index (χ2n) is 4.65. The predicted molar refractivity (Wildman–Crippen MR) is 65.3 cm³/mol. The van der Waals surface area contributed by atoms with E-state index < -0.39 is 30.5 Å². The maximum atomic E-state index is 12.3. The Kier molecular flexibility index (Phi) is 4.01. The van der Waals surface area contributed by atoms with Gasteiger partial charge in [0.05, 0.1) is 5.92 Å². The van der Waals surface area contributed by atoms with E-state index in [1.165, 1.54) is 18.3 Å². The number of likely N-dealkylation sites (tertiary alicyclic amines) is 1. The zero-order valence-corrected chi connectivity index (χ0v) is 10.7. The lowest BCUT2D eigenvalue weighted by atomic mass is 10.1. The first-order chi connectivity index (χ1) is 9.76. The molecule has 21 heavy (non-hydrogen) atoms. The van der Waals surface area contributed by atoms with Gasteiger partial charge in [-0.3, -0.25) is 9.59 Å². The number of hydrogen-bond acceptors (Lipinski definition) is 4. The smallest absolute Gasteiger partial charge is 0.406 e. The van der Waals surface area contributed by atoms with E-state index in [9.17, 15) is 27.9 Å². The molecule has 1 aliphatic rings. The molecular formula is C12H12F3N3O3. The molecule has 1 saturated heterocycles. The van der Waals surface area contributed by atoms with Gasteiger partial charge in [-0.2, -0.15) is 13.2 Å². The number of amides is 2. The maximum absolute atomic E-state index is 12.3. The Labute approximate surface area is 117 Å². The fourth-order valence-electron chi connectivity index (χ4n) is 2.03. The van der Waals surface area contributed by atoms with Gasteiger partial charge in [0.2, 0.25) is 11.8 Å². The third-order valence-corrected chi connectivity index (χ3v) is 2.98. The Hall–Kier alpha value is -2.32. The van der Waals surface area contributed by atoms with E-state index in [0.29, 0.717) is 4.90 Å². The lowest BCUT2D eigenvalue weighted by Gasteiger charge is -2.18. The fourth-order valence-corrected chi connectivity index (χ4v) is 2.03. The molecular weight excluding hydrogens is 291 g/mol. The van der Waals surface area contributed by atoms with Crippen LogP contribution in [0.4, 0.5) is 19.0 Å². The Morgan fingerprint density at radius 2 is 2.24 bits per heavy atom. The molecule has 0 radical (unpaired) electrons. The molecule has 1 atom stereocenters. The average Bonchev–Trinajstić information content (AvgIpc) is 2.72. The highest BCUT2D eigenvalue weighted by Crippen LogP contribution is 2.26. The van der Waals surface area contributed by atoms with E-state index in [1.807, 2.05) is 0 Å². The van der Waals surface area contributed by atoms with Crippen LogP contribution in [-0.4, -0.2) is 46.1 Å². The number of alkyl halides is 3. The van der Waals surface area contributed by atoms with Crippen molar-refractivity contribution in [2.24, 2.45) is 5.92 Å². The second kappa shape index (κ2) is 5.58. The number of halogens is 3. The fraction of sp³-hybridized carbons (Fsp3) is 0.417. The van der Waals surface area contributed by atoms with Gasteiger partial charge in [0.25, 0.3) is 0 Å². The van der Waals surface area contributed by atoms with Crippen molar-refractivity contribution in [1.29, 1.82) is 0 Å². The van der Waals surface area contributed by atoms with Gasteiger partial charge in [0.15, 0.2) is 11.6 Å². The van der Waals surface area contributed by atoms with Crippen LogP contribution >= 0.6 is 0 Å². The molecule has 0 aromatic carbocycles. The van der Waals surface area contributed by atoms with Crippen molar-refractivity contribution >= 4 is 17.6 Å². The highest BCUT2D eigenvalue weighted by molar-refractivity contribution is 5.97. The van der Waals surface area contributed by atoms with Crippen molar-refractivity contribution in [2.45, 2.75) is 12.6 Å². The minimum Gasteiger partial charge on any atom is -0.504 e. The van der Waals surface area contributed by atoms with Crippen LogP contribution in [0.3, 0.4) is 0 Å². The summed E-state index contributed by atoms with van der Waals surface area (Å²) in [6.07, 6.45) is -3.46. The third-order valence-electron chi connectivity index (χ3n) is 2.98. The summed E-state index contributed by atoms with van der Waals surface area (Å²) < 4.78 is 36.8. The first kappa shape index (κ1) is 15.1. The van der Waals surface area contributed by atoms with Crippen molar-refractivity contribution in [3.63, 3.8) is 0 Å². The number of carbonyl (C=O) groups is 2. The SMILES string of the molecule is O=C(Nc1ncccc1O)C1CC(=O)N(CC(F)(F)F)C1. The molecule has 114 valence electrons. The topological polar surface area (TPSA) is 82.5 Å². The molecule has 1 aliphatic heterocycles. The van der Waals surface area contributed by atoms with E-state index in [-0.39, 0.29) is 24.5 Å². The minimum absolute atomic E-state index is 0.0933. The average molecular weight is 303 g/mol. The summed E-state index contributed by atoms with van der Waals surface area (Å²) >= 11 is 0. The van der Waals surface area contributed by atoms with Gasteiger partial charge in [-0.05, 0) is 12.1 Å².